The third kappa shape index (κ3) is 5.41. The Balaban J connectivity index is 1.85. The van der Waals surface area contributed by atoms with Gasteiger partial charge in [-0.05, 0) is 35.7 Å². The molecule has 1 unspecified atom stereocenters. The Bertz CT molecular complexity index is 699. The Morgan fingerprint density at radius 1 is 0.920 bits per heavy atom. The van der Waals surface area contributed by atoms with Gasteiger partial charge in [-0.1, -0.05) is 44.2 Å². The number of amides is 2. The highest BCUT2D eigenvalue weighted by Gasteiger charge is 2.23. The topological polar surface area (TPSA) is 58.2 Å². The van der Waals surface area contributed by atoms with Gasteiger partial charge in [0.1, 0.15) is 5.82 Å². The van der Waals surface area contributed by atoms with Crippen molar-refractivity contribution in [2.24, 2.45) is 5.92 Å². The van der Waals surface area contributed by atoms with Crippen LogP contribution in [0.25, 0.3) is 0 Å². The molecule has 0 aliphatic carbocycles. The Labute approximate surface area is 147 Å². The predicted octanol–water partition coefficient (Wildman–Crippen LogP) is 3.11. The molecule has 2 N–H and O–H groups in total. The SMILES string of the molecule is CC(C)C(C(=O)NCCNC(=O)c1ccccc1)c1ccc(F)cc1. The van der Waals surface area contributed by atoms with Crippen molar-refractivity contribution < 1.29 is 14.0 Å². The normalized spacial score (nSPS) is 11.8. The van der Waals surface area contributed by atoms with Crippen LogP contribution >= 0.6 is 0 Å². The van der Waals surface area contributed by atoms with E-state index in [-0.39, 0.29) is 29.5 Å². The van der Waals surface area contributed by atoms with Gasteiger partial charge in [-0.3, -0.25) is 9.59 Å². The number of nitrogens with one attached hydrogen (secondary N) is 2. The first-order valence-corrected chi connectivity index (χ1v) is 8.35. The smallest absolute Gasteiger partial charge is 0.251 e. The van der Waals surface area contributed by atoms with Crippen LogP contribution < -0.4 is 10.6 Å². The molecule has 0 saturated heterocycles. The van der Waals surface area contributed by atoms with E-state index in [4.69, 9.17) is 0 Å². The third-order valence-corrected chi connectivity index (χ3v) is 3.92. The summed E-state index contributed by atoms with van der Waals surface area (Å²) in [7, 11) is 0. The Morgan fingerprint density at radius 2 is 1.52 bits per heavy atom. The lowest BCUT2D eigenvalue weighted by molar-refractivity contribution is -0.123. The van der Waals surface area contributed by atoms with E-state index >= 15 is 0 Å². The lowest BCUT2D eigenvalue weighted by Crippen LogP contribution is -2.38. The zero-order valence-corrected chi connectivity index (χ0v) is 14.5. The zero-order valence-electron chi connectivity index (χ0n) is 14.5. The molecule has 132 valence electrons. The molecule has 0 radical (unpaired) electrons. The number of carbonyl (C=O) groups excluding carboxylic acids is 2. The number of carbonyl (C=O) groups is 2. The highest BCUT2D eigenvalue weighted by Crippen LogP contribution is 2.24. The van der Waals surface area contributed by atoms with E-state index in [9.17, 15) is 14.0 Å². The summed E-state index contributed by atoms with van der Waals surface area (Å²) in [5, 5.41) is 5.60. The molecule has 0 aliphatic rings. The molecule has 0 aromatic heterocycles. The van der Waals surface area contributed by atoms with E-state index in [0.717, 1.165) is 5.56 Å². The van der Waals surface area contributed by atoms with Gasteiger partial charge in [-0.2, -0.15) is 0 Å². The standard InChI is InChI=1S/C20H23FN2O2/c1-14(2)18(15-8-10-17(21)11-9-15)20(25)23-13-12-22-19(24)16-6-4-3-5-7-16/h3-11,14,18H,12-13H2,1-2H3,(H,22,24)(H,23,25). The van der Waals surface area contributed by atoms with Gasteiger partial charge in [0.2, 0.25) is 5.91 Å². The first-order valence-electron chi connectivity index (χ1n) is 8.35. The molecule has 2 aromatic carbocycles. The summed E-state index contributed by atoms with van der Waals surface area (Å²) >= 11 is 0. The van der Waals surface area contributed by atoms with E-state index in [1.54, 1.807) is 36.4 Å². The highest BCUT2D eigenvalue weighted by molar-refractivity contribution is 5.94. The first-order chi connectivity index (χ1) is 12.0. The van der Waals surface area contributed by atoms with Gasteiger partial charge in [0.05, 0.1) is 5.92 Å². The minimum atomic E-state index is -0.356. The predicted molar refractivity (Wildman–Crippen MR) is 95.8 cm³/mol. The van der Waals surface area contributed by atoms with Crippen LogP contribution in [0, 0.1) is 11.7 Å². The van der Waals surface area contributed by atoms with Crippen molar-refractivity contribution in [3.63, 3.8) is 0 Å². The molecule has 2 amide bonds. The van der Waals surface area contributed by atoms with E-state index in [0.29, 0.717) is 18.7 Å². The Kier molecular flexibility index (Phi) is 6.69. The van der Waals surface area contributed by atoms with Crippen LogP contribution in [-0.4, -0.2) is 24.9 Å². The lowest BCUT2D eigenvalue weighted by atomic mass is 9.87. The first kappa shape index (κ1) is 18.6. The Morgan fingerprint density at radius 3 is 2.12 bits per heavy atom. The van der Waals surface area contributed by atoms with Crippen LogP contribution in [-0.2, 0) is 4.79 Å². The second-order valence-corrected chi connectivity index (χ2v) is 6.19. The van der Waals surface area contributed by atoms with Crippen LogP contribution in [0.15, 0.2) is 54.6 Å². The molecule has 1 atom stereocenters. The van der Waals surface area contributed by atoms with Gasteiger partial charge < -0.3 is 10.6 Å². The lowest BCUT2D eigenvalue weighted by Gasteiger charge is -2.21. The summed E-state index contributed by atoms with van der Waals surface area (Å²) in [6.45, 7) is 4.57. The van der Waals surface area contributed by atoms with Gasteiger partial charge in [-0.25, -0.2) is 4.39 Å². The quantitative estimate of drug-likeness (QED) is 0.760. The molecule has 0 saturated carbocycles. The van der Waals surface area contributed by atoms with Crippen molar-refractivity contribution in [1.82, 2.24) is 10.6 Å². The molecule has 0 aliphatic heterocycles. The van der Waals surface area contributed by atoms with Gasteiger partial charge in [0, 0.05) is 18.7 Å². The minimum Gasteiger partial charge on any atom is -0.354 e. The van der Waals surface area contributed by atoms with Crippen molar-refractivity contribution in [1.29, 1.82) is 0 Å². The van der Waals surface area contributed by atoms with Crippen LogP contribution in [0.3, 0.4) is 0 Å². The van der Waals surface area contributed by atoms with Gasteiger partial charge in [0.25, 0.3) is 5.91 Å². The average molecular weight is 342 g/mol. The fourth-order valence-corrected chi connectivity index (χ4v) is 2.67. The van der Waals surface area contributed by atoms with Crippen LogP contribution in [0.5, 0.6) is 0 Å². The number of hydrogen-bond donors (Lipinski definition) is 2. The number of rotatable bonds is 7. The second-order valence-electron chi connectivity index (χ2n) is 6.19. The maximum Gasteiger partial charge on any atom is 0.251 e. The largest absolute Gasteiger partial charge is 0.354 e. The van der Waals surface area contributed by atoms with Crippen molar-refractivity contribution >= 4 is 11.8 Å². The molecular weight excluding hydrogens is 319 g/mol. The van der Waals surface area contributed by atoms with E-state index in [1.165, 1.54) is 12.1 Å². The molecule has 4 nitrogen and oxygen atoms in total. The molecular formula is C20H23FN2O2. The molecule has 0 spiro atoms. The van der Waals surface area contributed by atoms with Gasteiger partial charge in [0.15, 0.2) is 0 Å². The molecule has 0 bridgehead atoms. The summed E-state index contributed by atoms with van der Waals surface area (Å²) in [6.07, 6.45) is 0. The fraction of sp³-hybridized carbons (Fsp3) is 0.300. The fourth-order valence-electron chi connectivity index (χ4n) is 2.67. The summed E-state index contributed by atoms with van der Waals surface area (Å²) in [6, 6.07) is 14.9. The van der Waals surface area contributed by atoms with Crippen LogP contribution in [0.4, 0.5) is 4.39 Å². The van der Waals surface area contributed by atoms with Crippen molar-refractivity contribution in [2.45, 2.75) is 19.8 Å². The molecule has 2 rings (SSSR count). The number of halogens is 1. The average Bonchev–Trinajstić information content (AvgIpc) is 2.61. The van der Waals surface area contributed by atoms with Crippen LogP contribution in [0.1, 0.15) is 35.7 Å². The van der Waals surface area contributed by atoms with Crippen molar-refractivity contribution in [3.05, 3.63) is 71.5 Å². The van der Waals surface area contributed by atoms with Gasteiger partial charge >= 0.3 is 0 Å². The van der Waals surface area contributed by atoms with E-state index in [1.807, 2.05) is 19.9 Å². The maximum absolute atomic E-state index is 13.1. The minimum absolute atomic E-state index is 0.0735. The third-order valence-electron chi connectivity index (χ3n) is 3.92. The van der Waals surface area contributed by atoms with E-state index in [2.05, 4.69) is 10.6 Å². The van der Waals surface area contributed by atoms with E-state index < -0.39 is 0 Å². The molecule has 25 heavy (non-hydrogen) atoms. The second kappa shape index (κ2) is 8.97. The number of benzene rings is 2. The summed E-state index contributed by atoms with van der Waals surface area (Å²) in [5.41, 5.74) is 1.36. The van der Waals surface area contributed by atoms with Crippen molar-refractivity contribution in [2.75, 3.05) is 13.1 Å². The molecule has 0 fully saturated rings. The maximum atomic E-state index is 13.1. The zero-order chi connectivity index (χ0) is 18.2. The molecule has 5 heteroatoms. The summed E-state index contributed by atoms with van der Waals surface area (Å²) in [4.78, 5) is 24.4. The number of hydrogen-bond acceptors (Lipinski definition) is 2. The van der Waals surface area contributed by atoms with Gasteiger partial charge in [-0.15, -0.1) is 0 Å². The molecule has 0 heterocycles. The summed E-state index contributed by atoms with van der Waals surface area (Å²) < 4.78 is 13.1. The highest BCUT2D eigenvalue weighted by atomic mass is 19.1. The van der Waals surface area contributed by atoms with Crippen molar-refractivity contribution in [3.8, 4) is 0 Å². The summed E-state index contributed by atoms with van der Waals surface area (Å²) in [5.74, 6) is -0.908. The Hall–Kier alpha value is -2.69. The monoisotopic (exact) mass is 342 g/mol. The molecule has 2 aromatic rings. The van der Waals surface area contributed by atoms with Crippen LogP contribution in [0.2, 0.25) is 0 Å².